The van der Waals surface area contributed by atoms with E-state index in [2.05, 4.69) is 5.32 Å². The van der Waals surface area contributed by atoms with Gasteiger partial charge in [0.25, 0.3) is 0 Å². The minimum absolute atomic E-state index is 0.0833. The van der Waals surface area contributed by atoms with Gasteiger partial charge in [0.1, 0.15) is 4.90 Å². The Bertz CT molecular complexity index is 559. The van der Waals surface area contributed by atoms with Gasteiger partial charge in [-0.15, -0.1) is 0 Å². The highest BCUT2D eigenvalue weighted by Crippen LogP contribution is 2.30. The van der Waals surface area contributed by atoms with E-state index in [0.29, 0.717) is 17.1 Å². The van der Waals surface area contributed by atoms with Crippen molar-refractivity contribution in [3.8, 4) is 0 Å². The van der Waals surface area contributed by atoms with Gasteiger partial charge in [0.05, 0.1) is 5.02 Å². The lowest BCUT2D eigenvalue weighted by Crippen LogP contribution is -2.33. The summed E-state index contributed by atoms with van der Waals surface area (Å²) in [5.74, 6) is 0. The maximum atomic E-state index is 12.4. The molecular weight excluding hydrogens is 307 g/mol. The average molecular weight is 325 g/mol. The van der Waals surface area contributed by atoms with Crippen LogP contribution in [0.15, 0.2) is 17.0 Å². The van der Waals surface area contributed by atoms with Gasteiger partial charge in [-0.1, -0.05) is 23.2 Å². The number of hydrogen-bond donors (Lipinski definition) is 1. The summed E-state index contributed by atoms with van der Waals surface area (Å²) in [5.41, 5.74) is 0.698. The van der Waals surface area contributed by atoms with Crippen LogP contribution in [0.3, 0.4) is 0 Å². The summed E-state index contributed by atoms with van der Waals surface area (Å²) < 4.78 is 26.2. The molecule has 0 atom stereocenters. The minimum atomic E-state index is -3.61. The smallest absolute Gasteiger partial charge is 0.244 e. The lowest BCUT2D eigenvalue weighted by molar-refractivity contribution is 0.410. The van der Waals surface area contributed by atoms with Gasteiger partial charge in [0.15, 0.2) is 0 Å². The van der Waals surface area contributed by atoms with Crippen LogP contribution in [0.1, 0.15) is 19.4 Å². The van der Waals surface area contributed by atoms with E-state index in [4.69, 9.17) is 23.2 Å². The van der Waals surface area contributed by atoms with Crippen LogP contribution in [-0.4, -0.2) is 32.9 Å². The summed E-state index contributed by atoms with van der Waals surface area (Å²) in [7, 11) is -0.318. The predicted molar refractivity (Wildman–Crippen MR) is 79.3 cm³/mol. The van der Waals surface area contributed by atoms with Gasteiger partial charge in [0.2, 0.25) is 10.0 Å². The summed E-state index contributed by atoms with van der Waals surface area (Å²) in [6, 6.07) is 2.84. The molecule has 0 bridgehead atoms. The first-order chi connectivity index (χ1) is 8.71. The molecule has 0 saturated carbocycles. The molecule has 1 aromatic rings. The van der Waals surface area contributed by atoms with Gasteiger partial charge in [-0.3, -0.25) is 0 Å². The molecule has 0 fully saturated rings. The average Bonchev–Trinajstić information content (AvgIpc) is 2.31. The molecule has 1 rings (SSSR count). The van der Waals surface area contributed by atoms with Gasteiger partial charge in [-0.25, -0.2) is 8.42 Å². The number of hydrogen-bond acceptors (Lipinski definition) is 3. The van der Waals surface area contributed by atoms with Crippen LogP contribution in [0.5, 0.6) is 0 Å². The lowest BCUT2D eigenvalue weighted by atomic mass is 10.2. The minimum Gasteiger partial charge on any atom is -0.316 e. The normalized spacial score (nSPS) is 12.4. The van der Waals surface area contributed by atoms with Crippen LogP contribution in [0.4, 0.5) is 0 Å². The van der Waals surface area contributed by atoms with Gasteiger partial charge >= 0.3 is 0 Å². The zero-order valence-electron chi connectivity index (χ0n) is 11.4. The summed E-state index contributed by atoms with van der Waals surface area (Å²) in [4.78, 5) is 0.0833. The first-order valence-corrected chi connectivity index (χ1v) is 8.02. The predicted octanol–water partition coefficient (Wildman–Crippen LogP) is 2.74. The summed E-state index contributed by atoms with van der Waals surface area (Å²) in [5, 5.41) is 3.52. The van der Waals surface area contributed by atoms with Crippen molar-refractivity contribution in [2.45, 2.75) is 31.3 Å². The highest BCUT2D eigenvalue weighted by Gasteiger charge is 2.26. The topological polar surface area (TPSA) is 49.4 Å². The molecule has 1 N–H and O–H groups in total. The van der Waals surface area contributed by atoms with Crippen LogP contribution in [-0.2, 0) is 16.6 Å². The number of halogens is 2. The molecule has 108 valence electrons. The Hall–Kier alpha value is -0.330. The monoisotopic (exact) mass is 324 g/mol. The quantitative estimate of drug-likeness (QED) is 0.906. The fraction of sp³-hybridized carbons (Fsp3) is 0.500. The van der Waals surface area contributed by atoms with Crippen LogP contribution in [0.2, 0.25) is 10.0 Å². The molecule has 4 nitrogen and oxygen atoms in total. The molecule has 0 amide bonds. The highest BCUT2D eigenvalue weighted by molar-refractivity contribution is 7.89. The van der Waals surface area contributed by atoms with Crippen LogP contribution < -0.4 is 5.32 Å². The van der Waals surface area contributed by atoms with E-state index in [1.807, 2.05) is 0 Å². The highest BCUT2D eigenvalue weighted by atomic mass is 35.5. The van der Waals surface area contributed by atoms with Crippen molar-refractivity contribution in [1.82, 2.24) is 9.62 Å². The lowest BCUT2D eigenvalue weighted by Gasteiger charge is -2.22. The standard InChI is InChI=1S/C12H18Cl2N2O2S/c1-8(2)16(4)19(17,18)12-5-9(7-15-3)10(13)6-11(12)14/h5-6,8,15H,7H2,1-4H3. The van der Waals surface area contributed by atoms with Crippen molar-refractivity contribution < 1.29 is 8.42 Å². The maximum absolute atomic E-state index is 12.4. The van der Waals surface area contributed by atoms with Crippen LogP contribution in [0, 0.1) is 0 Å². The molecule has 0 aliphatic heterocycles. The molecule has 0 aromatic heterocycles. The number of benzene rings is 1. The number of nitrogens with one attached hydrogen (secondary N) is 1. The number of nitrogens with zero attached hydrogens (tertiary/aromatic N) is 1. The molecule has 0 heterocycles. The largest absolute Gasteiger partial charge is 0.316 e. The molecule has 0 aliphatic rings. The van der Waals surface area contributed by atoms with Crippen molar-refractivity contribution in [2.24, 2.45) is 0 Å². The Balaban J connectivity index is 3.38. The van der Waals surface area contributed by atoms with Gasteiger partial charge in [-0.05, 0) is 38.6 Å². The Morgan fingerprint density at radius 2 is 1.84 bits per heavy atom. The Kier molecular flexibility index (Phi) is 5.65. The van der Waals surface area contributed by atoms with E-state index in [1.54, 1.807) is 20.9 Å². The molecule has 1 aromatic carbocycles. The van der Waals surface area contributed by atoms with Crippen molar-refractivity contribution >= 4 is 33.2 Å². The second kappa shape index (κ2) is 6.41. The third kappa shape index (κ3) is 3.61. The van der Waals surface area contributed by atoms with E-state index in [1.165, 1.54) is 23.5 Å². The van der Waals surface area contributed by atoms with Gasteiger partial charge in [0, 0.05) is 24.7 Å². The van der Waals surface area contributed by atoms with Crippen LogP contribution >= 0.6 is 23.2 Å². The van der Waals surface area contributed by atoms with Gasteiger partial charge in [-0.2, -0.15) is 4.31 Å². The van der Waals surface area contributed by atoms with Crippen molar-refractivity contribution in [1.29, 1.82) is 0 Å². The molecule has 7 heteroatoms. The molecule has 0 radical (unpaired) electrons. The van der Waals surface area contributed by atoms with E-state index in [0.717, 1.165) is 0 Å². The first kappa shape index (κ1) is 16.7. The van der Waals surface area contributed by atoms with Crippen LogP contribution in [0.25, 0.3) is 0 Å². The maximum Gasteiger partial charge on any atom is 0.244 e. The van der Waals surface area contributed by atoms with Crippen molar-refractivity contribution in [3.05, 3.63) is 27.7 Å². The van der Waals surface area contributed by atoms with E-state index in [-0.39, 0.29) is 16.0 Å². The van der Waals surface area contributed by atoms with Gasteiger partial charge < -0.3 is 5.32 Å². The van der Waals surface area contributed by atoms with E-state index >= 15 is 0 Å². The molecule has 0 spiro atoms. The zero-order valence-corrected chi connectivity index (χ0v) is 13.7. The Labute approximate surface area is 124 Å². The SMILES string of the molecule is CNCc1cc(S(=O)(=O)N(C)C(C)C)c(Cl)cc1Cl. The number of rotatable bonds is 5. The Morgan fingerprint density at radius 3 is 2.32 bits per heavy atom. The van der Waals surface area contributed by atoms with Crippen molar-refractivity contribution in [3.63, 3.8) is 0 Å². The Morgan fingerprint density at radius 1 is 1.26 bits per heavy atom. The molecule has 0 saturated heterocycles. The third-order valence-electron chi connectivity index (χ3n) is 2.85. The second-order valence-corrected chi connectivity index (χ2v) is 7.30. The van der Waals surface area contributed by atoms with E-state index in [9.17, 15) is 8.42 Å². The molecule has 0 aliphatic carbocycles. The third-order valence-corrected chi connectivity index (χ3v) is 5.70. The zero-order chi connectivity index (χ0) is 14.8. The molecule has 19 heavy (non-hydrogen) atoms. The fourth-order valence-corrected chi connectivity index (χ4v) is 3.73. The molecular formula is C12H18Cl2N2O2S. The summed E-state index contributed by atoms with van der Waals surface area (Å²) >= 11 is 12.1. The summed E-state index contributed by atoms with van der Waals surface area (Å²) in [6.07, 6.45) is 0. The first-order valence-electron chi connectivity index (χ1n) is 5.82. The van der Waals surface area contributed by atoms with E-state index < -0.39 is 10.0 Å². The fourth-order valence-electron chi connectivity index (χ4n) is 1.53. The summed E-state index contributed by atoms with van der Waals surface area (Å²) in [6.45, 7) is 4.08. The van der Waals surface area contributed by atoms with Crippen molar-refractivity contribution in [2.75, 3.05) is 14.1 Å². The second-order valence-electron chi connectivity index (χ2n) is 4.52. The molecule has 0 unspecified atom stereocenters. The number of sulfonamides is 1.